The molecule has 7 heteroatoms. The van der Waals surface area contributed by atoms with Gasteiger partial charge in [0.25, 0.3) is 0 Å². The molecule has 0 aliphatic rings. The molecule has 0 heterocycles. The minimum atomic E-state index is -0.652. The molecule has 0 atom stereocenters. The van der Waals surface area contributed by atoms with Crippen LogP contribution in [0.3, 0.4) is 0 Å². The van der Waals surface area contributed by atoms with E-state index in [0.29, 0.717) is 0 Å². The second-order valence-electron chi connectivity index (χ2n) is 15.5. The Morgan fingerprint density at radius 3 is 0.550 bits per heavy atom. The van der Waals surface area contributed by atoms with Gasteiger partial charge in [-0.25, -0.2) is 0 Å². The summed E-state index contributed by atoms with van der Waals surface area (Å²) in [4.78, 5) is 68.7. The summed E-state index contributed by atoms with van der Waals surface area (Å²) in [6.45, 7) is 37.8. The van der Waals surface area contributed by atoms with Gasteiger partial charge in [-0.05, 0) is 0 Å². The van der Waals surface area contributed by atoms with E-state index >= 15 is 0 Å². The fourth-order valence-corrected chi connectivity index (χ4v) is 1.95. The molecule has 0 aromatic carbocycles. The Morgan fingerprint density at radius 1 is 0.350 bits per heavy atom. The Bertz CT molecular complexity index is 693. The molecule has 0 rings (SSSR count). The Morgan fingerprint density at radius 2 is 0.475 bits per heavy atom. The Labute approximate surface area is 278 Å². The molecule has 6 nitrogen and oxygen atoms in total. The van der Waals surface area contributed by atoms with Crippen LogP contribution in [0.2, 0.25) is 0 Å². The van der Waals surface area contributed by atoms with Crippen LogP contribution in [-0.2, 0) is 28.8 Å². The molecule has 40 heavy (non-hydrogen) atoms. The van der Waals surface area contributed by atoms with E-state index < -0.39 is 32.5 Å². The first-order valence-electron chi connectivity index (χ1n) is 13.4. The zero-order valence-electron chi connectivity index (χ0n) is 28.2. The van der Waals surface area contributed by atoms with Crippen LogP contribution in [0.1, 0.15) is 123 Å². The monoisotopic (exact) mass is 691 g/mol. The zero-order chi connectivity index (χ0) is 32.6. The summed E-state index contributed by atoms with van der Waals surface area (Å²) in [5.74, 6) is -0.329. The van der Waals surface area contributed by atoms with Crippen LogP contribution in [0, 0.1) is 94.1 Å². The number of carbonyl (C=O) groups excluding carboxylic acids is 6. The molecule has 0 aliphatic carbocycles. The maximum absolute atomic E-state index is 11.5. The molecule has 0 saturated carbocycles. The van der Waals surface area contributed by atoms with Crippen molar-refractivity contribution in [2.75, 3.05) is 0 Å². The van der Waals surface area contributed by atoms with Gasteiger partial charge in [-0.3, -0.25) is 14.4 Å². The van der Waals surface area contributed by atoms with Gasteiger partial charge in [0, 0.05) is 16.2 Å². The van der Waals surface area contributed by atoms with Crippen LogP contribution in [0.4, 0.5) is 0 Å². The molecule has 0 amide bonds. The fourth-order valence-electron chi connectivity index (χ4n) is 1.95. The summed E-state index contributed by atoms with van der Waals surface area (Å²) in [6, 6.07) is 0. The van der Waals surface area contributed by atoms with Crippen molar-refractivity contribution in [3.05, 3.63) is 20.8 Å². The van der Waals surface area contributed by atoms with Crippen molar-refractivity contribution < 1.29 is 69.6 Å². The van der Waals surface area contributed by atoms with Gasteiger partial charge in [0.15, 0.2) is 0 Å². The van der Waals surface area contributed by atoms with E-state index in [9.17, 15) is 28.8 Å². The predicted molar refractivity (Wildman–Crippen MR) is 160 cm³/mol. The second-order valence-corrected chi connectivity index (χ2v) is 15.5. The van der Waals surface area contributed by atoms with Crippen molar-refractivity contribution in [3.63, 3.8) is 0 Å². The van der Waals surface area contributed by atoms with Gasteiger partial charge in [-0.15, -0.1) is 16.2 Å². The third kappa shape index (κ3) is 22.0. The molecule has 0 spiro atoms. The molecule has 0 unspecified atom stereocenters. The fraction of sp³-hybridized carbons (Fsp3) is 0.727. The van der Waals surface area contributed by atoms with Gasteiger partial charge in [0.05, 0.1) is 19.3 Å². The van der Waals surface area contributed by atoms with E-state index in [0.717, 1.165) is 0 Å². The van der Waals surface area contributed by atoms with Gasteiger partial charge < -0.3 is 35.2 Å². The van der Waals surface area contributed by atoms with Crippen LogP contribution >= 0.6 is 0 Å². The van der Waals surface area contributed by atoms with Crippen LogP contribution in [0.25, 0.3) is 0 Å². The van der Waals surface area contributed by atoms with Crippen LogP contribution in [0.15, 0.2) is 0 Å². The molecule has 0 N–H and O–H groups in total. The third-order valence-corrected chi connectivity index (χ3v) is 5.74. The predicted octanol–water partition coefficient (Wildman–Crippen LogP) is 7.26. The number of hydrogen-bond acceptors (Lipinski definition) is 6. The van der Waals surface area contributed by atoms with Gasteiger partial charge in [0.2, 0.25) is 0 Å². The van der Waals surface area contributed by atoms with Crippen molar-refractivity contribution in [1.82, 2.24) is 0 Å². The average molecular weight is 694 g/mol. The largest absolute Gasteiger partial charge is 3.00 e. The first-order chi connectivity index (χ1) is 16.6. The van der Waals surface area contributed by atoms with Crippen molar-refractivity contribution in [1.29, 1.82) is 0 Å². The maximum atomic E-state index is 11.5. The Hall–Kier alpha value is -0.629. The first-order valence-corrected chi connectivity index (χ1v) is 13.4. The van der Waals surface area contributed by atoms with Crippen LogP contribution in [0.5, 0.6) is 0 Å². The number of rotatable bonds is 9. The van der Waals surface area contributed by atoms with Crippen LogP contribution < -0.4 is 0 Å². The summed E-state index contributed by atoms with van der Waals surface area (Å²) in [5.41, 5.74) is -3.24. The van der Waals surface area contributed by atoms with Gasteiger partial charge in [-0.2, -0.15) is 0 Å². The van der Waals surface area contributed by atoms with E-state index in [-0.39, 0.29) is 94.8 Å². The topological polar surface area (TPSA) is 102 Å². The van der Waals surface area contributed by atoms with Gasteiger partial charge in [0.1, 0.15) is 34.7 Å². The molecule has 0 bridgehead atoms. The summed E-state index contributed by atoms with van der Waals surface area (Å²) >= 11 is 0. The number of carbonyl (C=O) groups is 6. The summed E-state index contributed by atoms with van der Waals surface area (Å²) in [5, 5.41) is 0. The van der Waals surface area contributed by atoms with E-state index in [1.165, 1.54) is 0 Å². The van der Waals surface area contributed by atoms with Crippen molar-refractivity contribution in [3.8, 4) is 0 Å². The van der Waals surface area contributed by atoms with E-state index in [2.05, 4.69) is 20.8 Å². The van der Waals surface area contributed by atoms with E-state index in [4.69, 9.17) is 0 Å². The summed E-state index contributed by atoms with van der Waals surface area (Å²) < 4.78 is 0. The third-order valence-electron chi connectivity index (χ3n) is 5.74. The van der Waals surface area contributed by atoms with Gasteiger partial charge in [-0.1, -0.05) is 104 Å². The molecule has 229 valence electrons. The van der Waals surface area contributed by atoms with Crippen molar-refractivity contribution >= 4 is 34.7 Å². The molecular formula is C33H57NdO6. The number of hydrogen-bond donors (Lipinski definition) is 0. The SMILES string of the molecule is [CH2-]C(C)(C)C(=O)CC(=O)C(C)(C)C.[CH2-]C(C)(C)C(=O)CC(=O)C(C)(C)C.[CH2-]C(C)(C)C(=O)CC(=O)C(C)(C)C.[Nd+3]. The molecule has 0 saturated heterocycles. The molecular weight excluding hydrogens is 637 g/mol. The zero-order valence-corrected chi connectivity index (χ0v) is 31.4. The normalized spacial score (nSPS) is 12.4. The minimum Gasteiger partial charge on any atom is -0.331 e. The van der Waals surface area contributed by atoms with E-state index in [1.54, 1.807) is 41.5 Å². The van der Waals surface area contributed by atoms with Gasteiger partial charge >= 0.3 is 40.8 Å². The average Bonchev–Trinajstić information content (AvgIpc) is 2.64. The van der Waals surface area contributed by atoms with Crippen molar-refractivity contribution in [2.45, 2.75) is 123 Å². The molecule has 1 radical (unpaired) electrons. The molecule has 0 aromatic heterocycles. The quantitative estimate of drug-likeness (QED) is 0.186. The van der Waals surface area contributed by atoms with Crippen LogP contribution in [-0.4, -0.2) is 34.7 Å². The summed E-state index contributed by atoms with van der Waals surface area (Å²) in [7, 11) is 0. The Kier molecular flexibility index (Phi) is 19.5. The number of ketones is 6. The second kappa shape index (κ2) is 16.9. The molecule has 0 aliphatic heterocycles. The first kappa shape index (κ1) is 46.3. The summed E-state index contributed by atoms with van der Waals surface area (Å²) in [6.07, 6.45) is -0.000000000000000666. The standard InChI is InChI=1S/3C11H19O2.Nd/c3*1-10(2,3)8(12)7-9(13)11(4,5)6;/h3*1,7H2,2-6H3;/q3*-1;+3. The molecule has 0 aromatic rings. The number of Topliss-reactive ketones (excluding diaryl/α,β-unsaturated/α-hetero) is 6. The maximum Gasteiger partial charge on any atom is 3.00 e. The molecule has 0 fully saturated rings. The smallest absolute Gasteiger partial charge is 0.331 e. The van der Waals surface area contributed by atoms with Crippen molar-refractivity contribution in [2.24, 2.45) is 32.5 Å². The van der Waals surface area contributed by atoms with E-state index in [1.807, 2.05) is 62.3 Å². The minimum absolute atomic E-state index is 0. The Balaban J connectivity index is -0.000000240.